The van der Waals surface area contributed by atoms with Gasteiger partial charge in [-0.05, 0) is 38.5 Å². The van der Waals surface area contributed by atoms with Gasteiger partial charge in [0, 0.05) is 18.0 Å². The minimum absolute atomic E-state index is 0.105. The number of aromatic nitrogens is 2. The molecular weight excluding hydrogens is 290 g/mol. The summed E-state index contributed by atoms with van der Waals surface area (Å²) in [5.74, 6) is 0.530. The molecule has 1 aliphatic rings. The lowest BCUT2D eigenvalue weighted by Crippen LogP contribution is -2.19. The molecule has 1 unspecified atom stereocenters. The third-order valence-electron chi connectivity index (χ3n) is 3.97. The lowest BCUT2D eigenvalue weighted by Gasteiger charge is -2.27. The summed E-state index contributed by atoms with van der Waals surface area (Å²) in [7, 11) is 0. The maximum Gasteiger partial charge on any atom is 0.160 e. The number of nitrogens with zero attached hydrogens (tertiary/aromatic N) is 3. The molecule has 0 N–H and O–H groups in total. The van der Waals surface area contributed by atoms with Gasteiger partial charge in [0.2, 0.25) is 0 Å². The van der Waals surface area contributed by atoms with E-state index in [9.17, 15) is 10.1 Å². The zero-order chi connectivity index (χ0) is 16.6. The van der Waals surface area contributed by atoms with Crippen LogP contribution in [0.3, 0.4) is 0 Å². The van der Waals surface area contributed by atoms with Crippen molar-refractivity contribution in [1.82, 2.24) is 9.97 Å². The molecule has 23 heavy (non-hydrogen) atoms. The fourth-order valence-electron chi connectivity index (χ4n) is 2.98. The Bertz CT molecular complexity index is 919. The normalized spacial score (nSPS) is 17.9. The lowest BCUT2D eigenvalue weighted by molar-refractivity contribution is -0.114. The van der Waals surface area contributed by atoms with Gasteiger partial charge in [0.05, 0.1) is 28.6 Å². The number of benzene rings is 1. The zero-order valence-corrected chi connectivity index (χ0v) is 13.1. The van der Waals surface area contributed by atoms with Crippen LogP contribution < -0.4 is 0 Å². The number of hydrogen-bond donors (Lipinski definition) is 0. The Morgan fingerprint density at radius 1 is 1.17 bits per heavy atom. The number of rotatable bonds is 2. The molecule has 0 fully saturated rings. The van der Waals surface area contributed by atoms with E-state index in [1.54, 1.807) is 26.2 Å². The van der Waals surface area contributed by atoms with E-state index in [0.717, 1.165) is 16.6 Å². The van der Waals surface area contributed by atoms with Gasteiger partial charge >= 0.3 is 0 Å². The van der Waals surface area contributed by atoms with E-state index in [0.29, 0.717) is 22.7 Å². The molecule has 5 nitrogen and oxygen atoms in total. The Labute approximate surface area is 133 Å². The van der Waals surface area contributed by atoms with Gasteiger partial charge in [-0.25, -0.2) is 0 Å². The van der Waals surface area contributed by atoms with Crippen LogP contribution in [0.25, 0.3) is 11.0 Å². The van der Waals surface area contributed by atoms with E-state index >= 15 is 0 Å². The number of nitriles is 1. The number of ketones is 1. The summed E-state index contributed by atoms with van der Waals surface area (Å²) in [4.78, 5) is 20.7. The Kier molecular flexibility index (Phi) is 3.67. The molecule has 0 aliphatic carbocycles. The highest BCUT2D eigenvalue weighted by Gasteiger charge is 2.33. The van der Waals surface area contributed by atoms with Crippen molar-refractivity contribution in [1.29, 1.82) is 5.26 Å². The largest absolute Gasteiger partial charge is 0.465 e. The maximum absolute atomic E-state index is 12.1. The molecule has 5 heteroatoms. The summed E-state index contributed by atoms with van der Waals surface area (Å²) in [5.41, 5.74) is 3.29. The second-order valence-corrected chi connectivity index (χ2v) is 5.45. The molecule has 0 saturated carbocycles. The second kappa shape index (κ2) is 5.65. The lowest BCUT2D eigenvalue weighted by atomic mass is 9.81. The molecule has 1 aromatic carbocycles. The number of ether oxygens (including phenoxy) is 1. The van der Waals surface area contributed by atoms with E-state index in [2.05, 4.69) is 16.0 Å². The van der Waals surface area contributed by atoms with Crippen LogP contribution in [0.1, 0.15) is 32.3 Å². The maximum atomic E-state index is 12.1. The Morgan fingerprint density at radius 3 is 2.52 bits per heavy atom. The average Bonchev–Trinajstić information content (AvgIpc) is 2.53. The predicted octanol–water partition coefficient (Wildman–Crippen LogP) is 3.40. The zero-order valence-electron chi connectivity index (χ0n) is 13.1. The summed E-state index contributed by atoms with van der Waals surface area (Å²) in [6.07, 6.45) is 3.25. The number of hydrogen-bond acceptors (Lipinski definition) is 5. The number of fused-ring (bicyclic) bond motifs is 1. The molecule has 1 atom stereocenters. The minimum atomic E-state index is -0.433. The van der Waals surface area contributed by atoms with Crippen LogP contribution in [0, 0.1) is 11.3 Å². The van der Waals surface area contributed by atoms with Gasteiger partial charge in [-0.1, -0.05) is 6.07 Å². The molecule has 0 radical (unpaired) electrons. The summed E-state index contributed by atoms with van der Waals surface area (Å²) < 4.78 is 5.59. The Morgan fingerprint density at radius 2 is 1.87 bits per heavy atom. The second-order valence-electron chi connectivity index (χ2n) is 5.45. The van der Waals surface area contributed by atoms with Crippen molar-refractivity contribution in [3.05, 3.63) is 58.8 Å². The summed E-state index contributed by atoms with van der Waals surface area (Å²) >= 11 is 0. The van der Waals surface area contributed by atoms with Gasteiger partial charge in [0.25, 0.3) is 0 Å². The number of carbonyl (C=O) groups is 1. The SMILES string of the molecule is CC(=O)C1=C(C)OC(C)=C(C#N)C1c1ccc2nccnc2c1. The minimum Gasteiger partial charge on any atom is -0.465 e. The highest BCUT2D eigenvalue weighted by molar-refractivity contribution is 5.97. The van der Waals surface area contributed by atoms with Gasteiger partial charge < -0.3 is 4.74 Å². The van der Waals surface area contributed by atoms with Crippen molar-refractivity contribution in [2.45, 2.75) is 26.7 Å². The molecule has 2 aromatic rings. The third kappa shape index (κ3) is 2.49. The third-order valence-corrected chi connectivity index (χ3v) is 3.97. The highest BCUT2D eigenvalue weighted by atomic mass is 16.5. The van der Waals surface area contributed by atoms with Gasteiger partial charge in [-0.3, -0.25) is 14.8 Å². The fourth-order valence-corrected chi connectivity index (χ4v) is 2.98. The first-order valence-corrected chi connectivity index (χ1v) is 7.24. The van der Waals surface area contributed by atoms with E-state index in [-0.39, 0.29) is 5.78 Å². The van der Waals surface area contributed by atoms with Crippen LogP contribution in [-0.2, 0) is 9.53 Å². The van der Waals surface area contributed by atoms with E-state index in [1.165, 1.54) is 6.92 Å². The van der Waals surface area contributed by atoms with E-state index in [4.69, 9.17) is 4.74 Å². The smallest absolute Gasteiger partial charge is 0.160 e. The standard InChI is InChI=1S/C18H15N3O2/c1-10(22)17-12(3)23-11(2)14(9-19)18(17)13-4-5-15-16(8-13)21-7-6-20-15/h4-8,18H,1-3H3. The molecule has 1 aliphatic heterocycles. The van der Waals surface area contributed by atoms with Gasteiger partial charge in [0.1, 0.15) is 11.5 Å². The van der Waals surface area contributed by atoms with Crippen molar-refractivity contribution >= 4 is 16.8 Å². The molecule has 0 saturated heterocycles. The molecule has 0 amide bonds. The van der Waals surface area contributed by atoms with E-state index < -0.39 is 5.92 Å². The molecule has 0 bridgehead atoms. The van der Waals surface area contributed by atoms with Gasteiger partial charge in [-0.2, -0.15) is 5.26 Å². The monoisotopic (exact) mass is 305 g/mol. The highest BCUT2D eigenvalue weighted by Crippen LogP contribution is 2.40. The summed E-state index contributed by atoms with van der Waals surface area (Å²) in [6, 6.07) is 7.80. The van der Waals surface area contributed by atoms with Crippen molar-refractivity contribution < 1.29 is 9.53 Å². The van der Waals surface area contributed by atoms with Crippen LogP contribution in [-0.4, -0.2) is 15.8 Å². The number of carbonyl (C=O) groups excluding carboxylic acids is 1. The Hall–Kier alpha value is -3.00. The molecule has 2 heterocycles. The van der Waals surface area contributed by atoms with Crippen LogP contribution in [0.5, 0.6) is 0 Å². The van der Waals surface area contributed by atoms with Crippen molar-refractivity contribution in [3.8, 4) is 6.07 Å². The first-order chi connectivity index (χ1) is 11.0. The van der Waals surface area contributed by atoms with Crippen LogP contribution >= 0.6 is 0 Å². The predicted molar refractivity (Wildman–Crippen MR) is 85.1 cm³/mol. The molecule has 0 spiro atoms. The van der Waals surface area contributed by atoms with Crippen LogP contribution in [0.2, 0.25) is 0 Å². The number of Topliss-reactive ketones (excluding diaryl/α,β-unsaturated/α-hetero) is 1. The van der Waals surface area contributed by atoms with Crippen LogP contribution in [0.4, 0.5) is 0 Å². The van der Waals surface area contributed by atoms with Crippen molar-refractivity contribution in [2.75, 3.05) is 0 Å². The van der Waals surface area contributed by atoms with Gasteiger partial charge in [0.15, 0.2) is 5.78 Å². The average molecular weight is 305 g/mol. The summed E-state index contributed by atoms with van der Waals surface area (Å²) in [5, 5.41) is 9.54. The fraction of sp³-hybridized carbons (Fsp3) is 0.222. The molecule has 114 valence electrons. The summed E-state index contributed by atoms with van der Waals surface area (Å²) in [6.45, 7) is 4.99. The first kappa shape index (κ1) is 14.9. The van der Waals surface area contributed by atoms with Crippen LogP contribution in [0.15, 0.2) is 53.3 Å². The van der Waals surface area contributed by atoms with Crippen molar-refractivity contribution in [3.63, 3.8) is 0 Å². The quantitative estimate of drug-likeness (QED) is 0.850. The first-order valence-electron chi connectivity index (χ1n) is 7.24. The van der Waals surface area contributed by atoms with Crippen molar-refractivity contribution in [2.24, 2.45) is 0 Å². The molecular formula is C18H15N3O2. The topological polar surface area (TPSA) is 75.9 Å². The molecule has 1 aromatic heterocycles. The number of allylic oxidation sites excluding steroid dienone is 4. The van der Waals surface area contributed by atoms with Gasteiger partial charge in [-0.15, -0.1) is 0 Å². The molecule has 3 rings (SSSR count). The Balaban J connectivity index is 2.24. The van der Waals surface area contributed by atoms with E-state index in [1.807, 2.05) is 18.2 Å².